The van der Waals surface area contributed by atoms with Crippen LogP contribution in [0.2, 0.25) is 0 Å². The lowest BCUT2D eigenvalue weighted by molar-refractivity contribution is -0.120. The van der Waals surface area contributed by atoms with Crippen LogP contribution in [0.1, 0.15) is 27.2 Å². The molecule has 0 aliphatic heterocycles. The Labute approximate surface area is 86.9 Å². The smallest absolute Gasteiger partial charge is 0.220 e. The number of rotatable bonds is 5. The largest absolute Gasteiger partial charge is 0.345 e. The number of carbonyl (C=O) groups excluding carboxylic acids is 1. The fraction of sp³-hybridized carbons (Fsp3) is 0.727. The van der Waals surface area contributed by atoms with Crippen LogP contribution in [-0.4, -0.2) is 37.0 Å². The minimum absolute atomic E-state index is 0.0575. The summed E-state index contributed by atoms with van der Waals surface area (Å²) >= 11 is 0. The number of hydrogen-bond acceptors (Lipinski definition) is 2. The van der Waals surface area contributed by atoms with Gasteiger partial charge in [0, 0.05) is 6.42 Å². The Morgan fingerprint density at radius 3 is 2.36 bits per heavy atom. The molecule has 0 aromatic rings. The normalized spacial score (nSPS) is 9.43. The van der Waals surface area contributed by atoms with Crippen LogP contribution in [0.15, 0.2) is 0 Å². The van der Waals surface area contributed by atoms with Gasteiger partial charge in [-0.2, -0.15) is 0 Å². The second-order valence-electron chi connectivity index (χ2n) is 2.95. The molecule has 3 nitrogen and oxygen atoms in total. The predicted molar refractivity (Wildman–Crippen MR) is 58.9 cm³/mol. The number of amides is 1. The third kappa shape index (κ3) is 6.50. The standard InChI is InChI=1S/C11H20N2O/c1-4-11(14)12-9-7-8-10-13(5-2)6-3/h4-6,9-10H2,1-3H3,(H,12,14). The highest BCUT2D eigenvalue weighted by molar-refractivity contribution is 5.75. The highest BCUT2D eigenvalue weighted by Crippen LogP contribution is 1.83. The molecule has 0 radical (unpaired) electrons. The van der Waals surface area contributed by atoms with Crippen LogP contribution >= 0.6 is 0 Å². The van der Waals surface area contributed by atoms with E-state index in [1.54, 1.807) is 0 Å². The van der Waals surface area contributed by atoms with Gasteiger partial charge in [-0.25, -0.2) is 0 Å². The van der Waals surface area contributed by atoms with Crippen molar-refractivity contribution in [1.29, 1.82) is 0 Å². The molecule has 3 heteroatoms. The summed E-state index contributed by atoms with van der Waals surface area (Å²) < 4.78 is 0. The lowest BCUT2D eigenvalue weighted by atomic mass is 10.4. The first-order chi connectivity index (χ1) is 6.74. The van der Waals surface area contributed by atoms with Crippen molar-refractivity contribution in [3.63, 3.8) is 0 Å². The van der Waals surface area contributed by atoms with Gasteiger partial charge >= 0.3 is 0 Å². The Morgan fingerprint density at radius 2 is 1.86 bits per heavy atom. The predicted octanol–water partition coefficient (Wildman–Crippen LogP) is 0.858. The molecule has 0 aliphatic rings. The average Bonchev–Trinajstić information content (AvgIpc) is 2.23. The van der Waals surface area contributed by atoms with Crippen LogP contribution in [0.4, 0.5) is 0 Å². The zero-order valence-electron chi connectivity index (χ0n) is 9.39. The summed E-state index contributed by atoms with van der Waals surface area (Å²) in [7, 11) is 0. The van der Waals surface area contributed by atoms with Crippen molar-refractivity contribution in [3.8, 4) is 11.8 Å². The van der Waals surface area contributed by atoms with E-state index in [9.17, 15) is 4.79 Å². The highest BCUT2D eigenvalue weighted by Gasteiger charge is 1.93. The van der Waals surface area contributed by atoms with Crippen molar-refractivity contribution < 1.29 is 4.79 Å². The minimum Gasteiger partial charge on any atom is -0.345 e. The van der Waals surface area contributed by atoms with E-state index < -0.39 is 0 Å². The second-order valence-corrected chi connectivity index (χ2v) is 2.95. The van der Waals surface area contributed by atoms with Crippen LogP contribution in [0.3, 0.4) is 0 Å². The SMILES string of the molecule is CCC(=O)NCC#CCN(CC)CC. The molecule has 0 spiro atoms. The molecule has 0 saturated carbocycles. The summed E-state index contributed by atoms with van der Waals surface area (Å²) in [6.07, 6.45) is 0.526. The maximum Gasteiger partial charge on any atom is 0.220 e. The van der Waals surface area contributed by atoms with Crippen molar-refractivity contribution in [2.75, 3.05) is 26.2 Å². The van der Waals surface area contributed by atoms with Gasteiger partial charge < -0.3 is 5.32 Å². The van der Waals surface area contributed by atoms with Crippen molar-refractivity contribution >= 4 is 5.91 Å². The Bertz CT molecular complexity index is 211. The van der Waals surface area contributed by atoms with E-state index >= 15 is 0 Å². The molecule has 0 fully saturated rings. The van der Waals surface area contributed by atoms with Crippen molar-refractivity contribution in [2.45, 2.75) is 27.2 Å². The molecule has 0 unspecified atom stereocenters. The number of hydrogen-bond donors (Lipinski definition) is 1. The number of carbonyl (C=O) groups is 1. The third-order valence-electron chi connectivity index (χ3n) is 2.02. The summed E-state index contributed by atoms with van der Waals surface area (Å²) in [6.45, 7) is 9.36. The van der Waals surface area contributed by atoms with Gasteiger partial charge in [-0.3, -0.25) is 9.69 Å². The summed E-state index contributed by atoms with van der Waals surface area (Å²) in [5.74, 6) is 6.01. The second kappa shape index (κ2) is 8.58. The van der Waals surface area contributed by atoms with Crippen LogP contribution in [0, 0.1) is 11.8 Å². The zero-order chi connectivity index (χ0) is 10.8. The van der Waals surface area contributed by atoms with Crippen LogP contribution < -0.4 is 5.32 Å². The summed E-state index contributed by atoms with van der Waals surface area (Å²) in [4.78, 5) is 13.1. The van der Waals surface area contributed by atoms with E-state index in [1.165, 1.54) is 0 Å². The van der Waals surface area contributed by atoms with Gasteiger partial charge in [0.15, 0.2) is 0 Å². The Hall–Kier alpha value is -1.01. The van der Waals surface area contributed by atoms with E-state index in [2.05, 4.69) is 35.9 Å². The molecular formula is C11H20N2O. The molecule has 0 atom stereocenters. The van der Waals surface area contributed by atoms with Crippen molar-refractivity contribution in [2.24, 2.45) is 0 Å². The maximum absolute atomic E-state index is 10.8. The van der Waals surface area contributed by atoms with Crippen molar-refractivity contribution in [3.05, 3.63) is 0 Å². The first-order valence-corrected chi connectivity index (χ1v) is 5.19. The van der Waals surface area contributed by atoms with Crippen LogP contribution in [0.5, 0.6) is 0 Å². The topological polar surface area (TPSA) is 32.3 Å². The van der Waals surface area contributed by atoms with E-state index in [0.29, 0.717) is 13.0 Å². The fourth-order valence-electron chi connectivity index (χ4n) is 0.945. The first-order valence-electron chi connectivity index (χ1n) is 5.19. The molecule has 0 saturated heterocycles. The molecule has 14 heavy (non-hydrogen) atoms. The van der Waals surface area contributed by atoms with Crippen molar-refractivity contribution in [1.82, 2.24) is 10.2 Å². The van der Waals surface area contributed by atoms with E-state index in [4.69, 9.17) is 0 Å². The monoisotopic (exact) mass is 196 g/mol. The lowest BCUT2D eigenvalue weighted by Gasteiger charge is -2.13. The molecule has 0 rings (SSSR count). The Kier molecular flexibility index (Phi) is 7.96. The molecular weight excluding hydrogens is 176 g/mol. The molecule has 80 valence electrons. The van der Waals surface area contributed by atoms with Crippen LogP contribution in [-0.2, 0) is 4.79 Å². The Balaban J connectivity index is 3.57. The van der Waals surface area contributed by atoms with Gasteiger partial charge in [-0.15, -0.1) is 0 Å². The summed E-state index contributed by atoms with van der Waals surface area (Å²) in [5.41, 5.74) is 0. The maximum atomic E-state index is 10.8. The third-order valence-corrected chi connectivity index (χ3v) is 2.02. The lowest BCUT2D eigenvalue weighted by Crippen LogP contribution is -2.24. The quantitative estimate of drug-likeness (QED) is 0.661. The van der Waals surface area contributed by atoms with Gasteiger partial charge in [-0.05, 0) is 13.1 Å². The van der Waals surface area contributed by atoms with Gasteiger partial charge in [0.05, 0.1) is 13.1 Å². The molecule has 0 bridgehead atoms. The molecule has 0 aromatic carbocycles. The van der Waals surface area contributed by atoms with E-state index in [1.807, 2.05) is 6.92 Å². The molecule has 0 heterocycles. The molecule has 1 N–H and O–H groups in total. The molecule has 0 aromatic heterocycles. The van der Waals surface area contributed by atoms with Gasteiger partial charge in [-0.1, -0.05) is 32.6 Å². The number of nitrogens with zero attached hydrogens (tertiary/aromatic N) is 1. The first kappa shape index (κ1) is 13.0. The highest BCUT2D eigenvalue weighted by atomic mass is 16.1. The van der Waals surface area contributed by atoms with E-state index in [-0.39, 0.29) is 5.91 Å². The number of nitrogens with one attached hydrogen (secondary N) is 1. The summed E-state index contributed by atoms with van der Waals surface area (Å²) in [5, 5.41) is 2.71. The van der Waals surface area contributed by atoms with Crippen LogP contribution in [0.25, 0.3) is 0 Å². The van der Waals surface area contributed by atoms with E-state index in [0.717, 1.165) is 19.6 Å². The van der Waals surface area contributed by atoms with Gasteiger partial charge in [0.2, 0.25) is 5.91 Å². The average molecular weight is 196 g/mol. The van der Waals surface area contributed by atoms with Gasteiger partial charge in [0.1, 0.15) is 0 Å². The van der Waals surface area contributed by atoms with Gasteiger partial charge in [0.25, 0.3) is 0 Å². The zero-order valence-corrected chi connectivity index (χ0v) is 9.39. The minimum atomic E-state index is 0.0575. The fourth-order valence-corrected chi connectivity index (χ4v) is 0.945. The molecule has 1 amide bonds. The molecule has 0 aliphatic carbocycles. The summed E-state index contributed by atoms with van der Waals surface area (Å²) in [6, 6.07) is 0. The Morgan fingerprint density at radius 1 is 1.21 bits per heavy atom.